The average molecular weight is 275 g/mol. The molecule has 1 aromatic carbocycles. The van der Waals surface area contributed by atoms with Crippen molar-refractivity contribution in [1.82, 2.24) is 4.90 Å². The van der Waals surface area contributed by atoms with Crippen molar-refractivity contribution in [1.29, 1.82) is 0 Å². The van der Waals surface area contributed by atoms with Crippen LogP contribution in [0.5, 0.6) is 0 Å². The molecule has 1 N–H and O–H groups in total. The molecule has 1 rings (SSSR count). The summed E-state index contributed by atoms with van der Waals surface area (Å²) in [5, 5.41) is 19.7. The summed E-state index contributed by atoms with van der Waals surface area (Å²) < 4.78 is 0. The number of carbonyl (C=O) groups excluding carboxylic acids is 2. The van der Waals surface area contributed by atoms with Crippen molar-refractivity contribution in [2.24, 2.45) is 0 Å². The fourth-order valence-electron chi connectivity index (χ4n) is 1.50. The minimum Gasteiger partial charge on any atom is -0.548 e. The number of aliphatic hydroxyl groups is 1. The van der Waals surface area contributed by atoms with Crippen LogP contribution in [0, 0.1) is 0 Å². The van der Waals surface area contributed by atoms with Gasteiger partial charge in [0, 0.05) is 7.05 Å². The van der Waals surface area contributed by atoms with Crippen LogP contribution in [-0.2, 0) is 16.0 Å². The van der Waals surface area contributed by atoms with Gasteiger partial charge < -0.3 is 19.9 Å². The Kier molecular flexibility index (Phi) is 8.67. The number of carbonyl (C=O) groups is 2. The summed E-state index contributed by atoms with van der Waals surface area (Å²) in [6.07, 6.45) is 0.158. The number of nitrogens with zero attached hydrogens (tertiary/aromatic N) is 1. The molecule has 0 aliphatic carbocycles. The first kappa shape index (κ1) is 17.8. The third-order valence-corrected chi connectivity index (χ3v) is 2.54. The van der Waals surface area contributed by atoms with Gasteiger partial charge in [0.15, 0.2) is 0 Å². The Hall–Kier alpha value is -0.244. The van der Waals surface area contributed by atoms with Gasteiger partial charge in [0.2, 0.25) is 5.91 Å². The van der Waals surface area contributed by atoms with Crippen molar-refractivity contribution in [2.45, 2.75) is 12.5 Å². The predicted octanol–water partition coefficient (Wildman–Crippen LogP) is -4.20. The Bertz CT molecular complexity index is 396. The first-order valence-electron chi connectivity index (χ1n) is 5.17. The molecule has 0 aliphatic heterocycles. The smallest absolute Gasteiger partial charge is 0.548 e. The Morgan fingerprint density at radius 2 is 1.89 bits per heavy atom. The third kappa shape index (κ3) is 5.17. The van der Waals surface area contributed by atoms with E-state index < -0.39 is 24.5 Å². The van der Waals surface area contributed by atoms with Crippen LogP contribution in [0.4, 0.5) is 0 Å². The summed E-state index contributed by atoms with van der Waals surface area (Å²) in [6.45, 7) is -0.713. The van der Waals surface area contributed by atoms with E-state index in [1.807, 2.05) is 6.07 Å². The molecule has 0 fully saturated rings. The largest absolute Gasteiger partial charge is 1.00 e. The standard InChI is InChI=1S/C12H15NO4.K/c1-13(11(15)8-14)10(12(16)17)7-9-5-3-2-4-6-9;/h2-6,10,14H,7-8H2,1H3,(H,16,17);/q;+1/p-1. The minimum atomic E-state index is -1.34. The van der Waals surface area contributed by atoms with Crippen LogP contribution in [0.2, 0.25) is 0 Å². The number of hydrogen-bond donors (Lipinski definition) is 1. The van der Waals surface area contributed by atoms with Crippen molar-refractivity contribution in [3.05, 3.63) is 35.9 Å². The third-order valence-electron chi connectivity index (χ3n) is 2.54. The first-order valence-corrected chi connectivity index (χ1v) is 5.17. The summed E-state index contributed by atoms with van der Waals surface area (Å²) >= 11 is 0. The van der Waals surface area contributed by atoms with Crippen LogP contribution < -0.4 is 56.5 Å². The van der Waals surface area contributed by atoms with Gasteiger partial charge in [-0.05, 0) is 12.0 Å². The van der Waals surface area contributed by atoms with Gasteiger partial charge in [-0.3, -0.25) is 4.79 Å². The zero-order valence-electron chi connectivity index (χ0n) is 10.5. The van der Waals surface area contributed by atoms with E-state index in [1.165, 1.54) is 7.05 Å². The number of hydrogen-bond acceptors (Lipinski definition) is 4. The maximum absolute atomic E-state index is 11.2. The van der Waals surface area contributed by atoms with Crippen molar-refractivity contribution in [3.8, 4) is 0 Å². The Morgan fingerprint density at radius 3 is 2.33 bits per heavy atom. The van der Waals surface area contributed by atoms with Crippen LogP contribution in [0.3, 0.4) is 0 Å². The fourth-order valence-corrected chi connectivity index (χ4v) is 1.50. The van der Waals surface area contributed by atoms with Crippen LogP contribution in [0.25, 0.3) is 0 Å². The molecule has 1 unspecified atom stereocenters. The first-order chi connectivity index (χ1) is 8.06. The maximum Gasteiger partial charge on any atom is 1.00 e. The molecule has 0 saturated carbocycles. The number of amides is 1. The van der Waals surface area contributed by atoms with Gasteiger partial charge >= 0.3 is 51.4 Å². The monoisotopic (exact) mass is 275 g/mol. The molecule has 1 aromatic rings. The molecule has 0 heterocycles. The molecule has 1 atom stereocenters. The van der Waals surface area contributed by atoms with E-state index in [2.05, 4.69) is 0 Å². The summed E-state index contributed by atoms with van der Waals surface area (Å²) in [7, 11) is 1.34. The molecular weight excluding hydrogens is 261 g/mol. The Balaban J connectivity index is 0.00000289. The number of benzene rings is 1. The van der Waals surface area contributed by atoms with Gasteiger partial charge in [-0.1, -0.05) is 30.3 Å². The molecule has 92 valence electrons. The SMILES string of the molecule is CN(C(=O)CO)C(Cc1ccccc1)C(=O)[O-].[K+]. The molecule has 0 aliphatic rings. The predicted molar refractivity (Wildman–Crippen MR) is 58.8 cm³/mol. The van der Waals surface area contributed by atoms with Gasteiger partial charge in [-0.2, -0.15) is 0 Å². The van der Waals surface area contributed by atoms with E-state index in [-0.39, 0.29) is 57.8 Å². The molecule has 5 nitrogen and oxygen atoms in total. The molecule has 0 saturated heterocycles. The van der Waals surface area contributed by atoms with E-state index in [0.717, 1.165) is 10.5 Å². The summed E-state index contributed by atoms with van der Waals surface area (Å²) in [5.41, 5.74) is 0.791. The van der Waals surface area contributed by atoms with E-state index in [1.54, 1.807) is 24.3 Å². The fraction of sp³-hybridized carbons (Fsp3) is 0.333. The van der Waals surface area contributed by atoms with E-state index in [4.69, 9.17) is 5.11 Å². The maximum atomic E-state index is 11.2. The average Bonchev–Trinajstić information content (AvgIpc) is 2.35. The second-order valence-electron chi connectivity index (χ2n) is 3.69. The zero-order chi connectivity index (χ0) is 12.8. The number of carboxylic acid groups (broad SMARTS) is 1. The van der Waals surface area contributed by atoms with Gasteiger partial charge in [-0.25, -0.2) is 0 Å². The molecular formula is C12H14KNO4. The van der Waals surface area contributed by atoms with E-state index in [0.29, 0.717) is 0 Å². The van der Waals surface area contributed by atoms with Crippen LogP contribution in [0.1, 0.15) is 5.56 Å². The van der Waals surface area contributed by atoms with Crippen molar-refractivity contribution < 1.29 is 71.2 Å². The van der Waals surface area contributed by atoms with Gasteiger partial charge in [0.25, 0.3) is 0 Å². The number of likely N-dealkylation sites (N-methyl/N-ethyl adjacent to an activating group) is 1. The number of aliphatic hydroxyl groups excluding tert-OH is 1. The number of carboxylic acids is 1. The van der Waals surface area contributed by atoms with Gasteiger partial charge in [0.1, 0.15) is 6.61 Å². The van der Waals surface area contributed by atoms with Crippen LogP contribution >= 0.6 is 0 Å². The normalized spacial score (nSPS) is 11.2. The van der Waals surface area contributed by atoms with Crippen LogP contribution in [0.15, 0.2) is 30.3 Å². The summed E-state index contributed by atoms with van der Waals surface area (Å²) in [5.74, 6) is -1.98. The molecule has 18 heavy (non-hydrogen) atoms. The topological polar surface area (TPSA) is 80.7 Å². The summed E-state index contributed by atoms with van der Waals surface area (Å²) in [6, 6.07) is 7.86. The second kappa shape index (κ2) is 8.79. The van der Waals surface area contributed by atoms with Gasteiger partial charge in [-0.15, -0.1) is 0 Å². The molecule has 1 amide bonds. The quantitative estimate of drug-likeness (QED) is 0.553. The molecule has 0 aromatic heterocycles. The number of rotatable bonds is 5. The summed E-state index contributed by atoms with van der Waals surface area (Å²) in [4.78, 5) is 23.2. The van der Waals surface area contributed by atoms with Crippen molar-refractivity contribution in [2.75, 3.05) is 13.7 Å². The molecule has 0 radical (unpaired) electrons. The second-order valence-corrected chi connectivity index (χ2v) is 3.69. The van der Waals surface area contributed by atoms with Crippen molar-refractivity contribution in [3.63, 3.8) is 0 Å². The Labute approximate surface area is 148 Å². The molecule has 6 heteroatoms. The zero-order valence-corrected chi connectivity index (χ0v) is 13.6. The number of aliphatic carboxylic acids is 1. The molecule has 0 bridgehead atoms. The van der Waals surface area contributed by atoms with Gasteiger partial charge in [0.05, 0.1) is 12.0 Å². The van der Waals surface area contributed by atoms with Crippen molar-refractivity contribution >= 4 is 11.9 Å². The van der Waals surface area contributed by atoms with E-state index >= 15 is 0 Å². The van der Waals surface area contributed by atoms with Crippen LogP contribution in [-0.4, -0.2) is 41.6 Å². The molecule has 0 spiro atoms. The minimum absolute atomic E-state index is 0. The van der Waals surface area contributed by atoms with E-state index in [9.17, 15) is 14.7 Å². The Morgan fingerprint density at radius 1 is 1.33 bits per heavy atom.